The Morgan fingerprint density at radius 3 is 3.00 bits per heavy atom. The lowest BCUT2D eigenvalue weighted by Crippen LogP contribution is -2.44. The number of hydrogen-bond acceptors (Lipinski definition) is 3. The van der Waals surface area contributed by atoms with Crippen molar-refractivity contribution in [2.75, 3.05) is 44.3 Å². The molecule has 2 aliphatic rings. The third-order valence-corrected chi connectivity index (χ3v) is 5.27. The first-order chi connectivity index (χ1) is 11.8. The molecule has 0 aromatic heterocycles. The maximum absolute atomic E-state index is 5.44. The molecule has 2 atom stereocenters. The number of aliphatic imine (C=N–C) groups is 1. The Balaban J connectivity index is 1.55. The number of para-hydroxylation sites is 1. The molecule has 0 saturated carbocycles. The second-order valence-electron chi connectivity index (χ2n) is 6.48. The number of hydrogen-bond donors (Lipinski definition) is 2. The minimum atomic E-state index is 0.426. The Labute approximate surface area is 153 Å². The molecule has 2 aliphatic heterocycles. The maximum Gasteiger partial charge on any atom is 0.191 e. The molecule has 0 aliphatic carbocycles. The molecule has 2 fully saturated rings. The van der Waals surface area contributed by atoms with Gasteiger partial charge in [0.2, 0.25) is 0 Å². The van der Waals surface area contributed by atoms with Crippen LogP contribution >= 0.6 is 15.9 Å². The monoisotopic (exact) mass is 394 g/mol. The van der Waals surface area contributed by atoms with Gasteiger partial charge >= 0.3 is 0 Å². The van der Waals surface area contributed by atoms with Gasteiger partial charge < -0.3 is 20.3 Å². The van der Waals surface area contributed by atoms with Crippen LogP contribution in [-0.2, 0) is 4.74 Å². The van der Waals surface area contributed by atoms with Crippen molar-refractivity contribution in [1.29, 1.82) is 0 Å². The van der Waals surface area contributed by atoms with Crippen LogP contribution in [0.2, 0.25) is 0 Å². The van der Waals surface area contributed by atoms with Crippen molar-refractivity contribution in [2.45, 2.75) is 25.8 Å². The number of halogens is 1. The van der Waals surface area contributed by atoms with Crippen LogP contribution in [0.5, 0.6) is 0 Å². The highest BCUT2D eigenvalue weighted by atomic mass is 79.9. The second-order valence-corrected chi connectivity index (χ2v) is 7.33. The zero-order chi connectivity index (χ0) is 16.8. The molecule has 24 heavy (non-hydrogen) atoms. The first-order valence-corrected chi connectivity index (χ1v) is 9.67. The number of rotatable bonds is 5. The highest BCUT2D eigenvalue weighted by molar-refractivity contribution is 9.10. The fourth-order valence-corrected chi connectivity index (χ4v) is 3.80. The molecule has 6 heteroatoms. The van der Waals surface area contributed by atoms with Crippen LogP contribution in [0, 0.1) is 5.92 Å². The number of nitrogens with one attached hydrogen (secondary N) is 2. The van der Waals surface area contributed by atoms with E-state index >= 15 is 0 Å². The number of anilines is 1. The van der Waals surface area contributed by atoms with Gasteiger partial charge in [-0.25, -0.2) is 0 Å². The molecule has 1 aromatic carbocycles. The van der Waals surface area contributed by atoms with Crippen LogP contribution in [-0.4, -0.2) is 51.4 Å². The average Bonchev–Trinajstić information content (AvgIpc) is 3.25. The SMILES string of the molecule is CCNC(=NCC1CCOC1)NC1CCN(c2ccccc2Br)C1. The lowest BCUT2D eigenvalue weighted by Gasteiger charge is -2.21. The summed E-state index contributed by atoms with van der Waals surface area (Å²) in [6.45, 7) is 7.63. The van der Waals surface area contributed by atoms with E-state index in [-0.39, 0.29) is 0 Å². The number of nitrogens with zero attached hydrogens (tertiary/aromatic N) is 2. The molecule has 5 nitrogen and oxygen atoms in total. The lowest BCUT2D eigenvalue weighted by molar-refractivity contribution is 0.187. The van der Waals surface area contributed by atoms with Gasteiger partial charge in [0.1, 0.15) is 0 Å². The Morgan fingerprint density at radius 1 is 1.38 bits per heavy atom. The van der Waals surface area contributed by atoms with Gasteiger partial charge in [-0.05, 0) is 47.8 Å². The summed E-state index contributed by atoms with van der Waals surface area (Å²) in [5.74, 6) is 1.50. The Bertz CT molecular complexity index is 560. The second kappa shape index (κ2) is 8.72. The van der Waals surface area contributed by atoms with Crippen molar-refractivity contribution in [3.63, 3.8) is 0 Å². The van der Waals surface area contributed by atoms with E-state index in [2.05, 4.69) is 62.7 Å². The first-order valence-electron chi connectivity index (χ1n) is 8.88. The molecule has 1 aromatic rings. The van der Waals surface area contributed by atoms with Crippen LogP contribution in [0.25, 0.3) is 0 Å². The number of guanidine groups is 1. The molecule has 2 saturated heterocycles. The molecule has 132 valence electrons. The maximum atomic E-state index is 5.44. The average molecular weight is 395 g/mol. The predicted octanol–water partition coefficient (Wildman–Crippen LogP) is 2.62. The Morgan fingerprint density at radius 2 is 2.25 bits per heavy atom. The van der Waals surface area contributed by atoms with Crippen molar-refractivity contribution in [3.05, 3.63) is 28.7 Å². The van der Waals surface area contributed by atoms with Gasteiger partial charge in [-0.2, -0.15) is 0 Å². The van der Waals surface area contributed by atoms with E-state index in [4.69, 9.17) is 9.73 Å². The molecule has 0 bridgehead atoms. The normalized spacial score (nSPS) is 24.4. The third kappa shape index (κ3) is 4.63. The smallest absolute Gasteiger partial charge is 0.191 e. The summed E-state index contributed by atoms with van der Waals surface area (Å²) in [6, 6.07) is 8.85. The van der Waals surface area contributed by atoms with E-state index in [9.17, 15) is 0 Å². The molecule has 2 N–H and O–H groups in total. The molecule has 2 unspecified atom stereocenters. The van der Waals surface area contributed by atoms with Crippen molar-refractivity contribution in [2.24, 2.45) is 10.9 Å². The summed E-state index contributed by atoms with van der Waals surface area (Å²) in [5.41, 5.74) is 1.27. The molecular formula is C18H27BrN4O. The first kappa shape index (κ1) is 17.5. The Kier molecular flexibility index (Phi) is 6.37. The van der Waals surface area contributed by atoms with E-state index < -0.39 is 0 Å². The molecule has 0 amide bonds. The molecule has 0 spiro atoms. The van der Waals surface area contributed by atoms with Gasteiger partial charge in [0, 0.05) is 49.2 Å². The molecular weight excluding hydrogens is 368 g/mol. The van der Waals surface area contributed by atoms with Gasteiger partial charge in [-0.15, -0.1) is 0 Å². The summed E-state index contributed by atoms with van der Waals surface area (Å²) >= 11 is 3.65. The van der Waals surface area contributed by atoms with Crippen molar-refractivity contribution in [1.82, 2.24) is 10.6 Å². The van der Waals surface area contributed by atoms with Gasteiger partial charge in [0.25, 0.3) is 0 Å². The van der Waals surface area contributed by atoms with Crippen LogP contribution in [0.4, 0.5) is 5.69 Å². The number of ether oxygens (including phenoxy) is 1. The van der Waals surface area contributed by atoms with Gasteiger partial charge in [-0.1, -0.05) is 12.1 Å². The van der Waals surface area contributed by atoms with E-state index in [1.165, 1.54) is 5.69 Å². The summed E-state index contributed by atoms with van der Waals surface area (Å²) in [7, 11) is 0. The van der Waals surface area contributed by atoms with Crippen LogP contribution in [0.1, 0.15) is 19.8 Å². The molecule has 2 heterocycles. The topological polar surface area (TPSA) is 48.9 Å². The standard InChI is InChI=1S/C18H27BrN4O/c1-2-20-18(21-11-14-8-10-24-13-14)22-15-7-9-23(12-15)17-6-4-3-5-16(17)19/h3-6,14-15H,2,7-13H2,1H3,(H2,20,21,22). The van der Waals surface area contributed by atoms with Crippen LogP contribution in [0.3, 0.4) is 0 Å². The van der Waals surface area contributed by atoms with Gasteiger partial charge in [-0.3, -0.25) is 4.99 Å². The zero-order valence-electron chi connectivity index (χ0n) is 14.3. The summed E-state index contributed by atoms with van der Waals surface area (Å²) < 4.78 is 6.60. The van der Waals surface area contributed by atoms with Gasteiger partial charge in [0.05, 0.1) is 12.3 Å². The van der Waals surface area contributed by atoms with Crippen molar-refractivity contribution < 1.29 is 4.74 Å². The largest absolute Gasteiger partial charge is 0.381 e. The van der Waals surface area contributed by atoms with Crippen molar-refractivity contribution in [3.8, 4) is 0 Å². The quantitative estimate of drug-likeness (QED) is 0.595. The van der Waals surface area contributed by atoms with Gasteiger partial charge in [0.15, 0.2) is 5.96 Å². The zero-order valence-corrected chi connectivity index (χ0v) is 15.9. The van der Waals surface area contributed by atoms with Crippen molar-refractivity contribution >= 4 is 27.6 Å². The van der Waals surface area contributed by atoms with E-state index in [0.29, 0.717) is 12.0 Å². The van der Waals surface area contributed by atoms with Crippen LogP contribution < -0.4 is 15.5 Å². The minimum absolute atomic E-state index is 0.426. The lowest BCUT2D eigenvalue weighted by atomic mass is 10.1. The fraction of sp³-hybridized carbons (Fsp3) is 0.611. The Hall–Kier alpha value is -1.27. The number of benzene rings is 1. The van der Waals surface area contributed by atoms with E-state index in [1.54, 1.807) is 0 Å². The predicted molar refractivity (Wildman–Crippen MR) is 103 cm³/mol. The van der Waals surface area contributed by atoms with Crippen LogP contribution in [0.15, 0.2) is 33.7 Å². The molecule has 0 radical (unpaired) electrons. The summed E-state index contributed by atoms with van der Waals surface area (Å²) in [5, 5.41) is 6.97. The van der Waals surface area contributed by atoms with E-state index in [1.807, 2.05) is 0 Å². The molecule has 3 rings (SSSR count). The van der Waals surface area contributed by atoms with E-state index in [0.717, 1.165) is 62.7 Å². The highest BCUT2D eigenvalue weighted by Gasteiger charge is 2.24. The summed E-state index contributed by atoms with van der Waals surface area (Å²) in [4.78, 5) is 7.19. The summed E-state index contributed by atoms with van der Waals surface area (Å²) in [6.07, 6.45) is 2.25. The highest BCUT2D eigenvalue weighted by Crippen LogP contribution is 2.28. The fourth-order valence-electron chi connectivity index (χ4n) is 3.27. The minimum Gasteiger partial charge on any atom is -0.381 e. The third-order valence-electron chi connectivity index (χ3n) is 4.60.